The second kappa shape index (κ2) is 5.30. The highest BCUT2D eigenvalue weighted by molar-refractivity contribution is 7.92. The molecule has 0 radical (unpaired) electrons. The highest BCUT2D eigenvalue weighted by Gasteiger charge is 2.37. The van der Waals surface area contributed by atoms with Gasteiger partial charge in [0.05, 0.1) is 10.5 Å². The molecule has 0 aromatic carbocycles. The van der Waals surface area contributed by atoms with Crippen LogP contribution in [-0.4, -0.2) is 32.0 Å². The summed E-state index contributed by atoms with van der Waals surface area (Å²) < 4.78 is 24.5. The fourth-order valence-electron chi connectivity index (χ4n) is 2.35. The summed E-state index contributed by atoms with van der Waals surface area (Å²) in [5.74, 6) is 0. The Morgan fingerprint density at radius 3 is 2.47 bits per heavy atom. The van der Waals surface area contributed by atoms with E-state index in [0.717, 1.165) is 32.1 Å². The monoisotopic (exact) mass is 233 g/mol. The van der Waals surface area contributed by atoms with E-state index >= 15 is 0 Å². The average molecular weight is 233 g/mol. The Balaban J connectivity index is 2.83. The van der Waals surface area contributed by atoms with Crippen LogP contribution in [-0.2, 0) is 9.84 Å². The molecule has 4 heteroatoms. The summed E-state index contributed by atoms with van der Waals surface area (Å²) in [7, 11) is -1.07. The molecule has 0 amide bonds. The summed E-state index contributed by atoms with van der Waals surface area (Å²) in [6.45, 7) is 3.77. The van der Waals surface area contributed by atoms with Crippen LogP contribution in [0.1, 0.15) is 46.0 Å². The van der Waals surface area contributed by atoms with Crippen molar-refractivity contribution in [2.45, 2.75) is 62.5 Å². The third kappa shape index (κ3) is 2.72. The van der Waals surface area contributed by atoms with Gasteiger partial charge in [0.2, 0.25) is 0 Å². The predicted molar refractivity (Wildman–Crippen MR) is 63.8 cm³/mol. The molecule has 1 saturated carbocycles. The SMILES string of the molecule is CCC(C)S(=O)(=O)C1CCCCC1NC. The lowest BCUT2D eigenvalue weighted by Crippen LogP contribution is -2.47. The van der Waals surface area contributed by atoms with Gasteiger partial charge in [-0.25, -0.2) is 8.42 Å². The zero-order valence-electron chi connectivity index (χ0n) is 9.99. The highest BCUT2D eigenvalue weighted by atomic mass is 32.2. The first kappa shape index (κ1) is 13.0. The Hall–Kier alpha value is -0.0900. The molecule has 15 heavy (non-hydrogen) atoms. The molecule has 3 nitrogen and oxygen atoms in total. The number of nitrogens with one attached hydrogen (secondary N) is 1. The molecule has 1 rings (SSSR count). The Bertz CT molecular complexity index is 287. The van der Waals surface area contributed by atoms with E-state index in [-0.39, 0.29) is 16.5 Å². The topological polar surface area (TPSA) is 46.2 Å². The molecule has 0 aliphatic heterocycles. The van der Waals surface area contributed by atoms with Crippen LogP contribution in [0.4, 0.5) is 0 Å². The molecule has 0 aromatic rings. The molecule has 3 atom stereocenters. The van der Waals surface area contributed by atoms with Crippen molar-refractivity contribution < 1.29 is 8.42 Å². The fraction of sp³-hybridized carbons (Fsp3) is 1.00. The van der Waals surface area contributed by atoms with Gasteiger partial charge in [-0.05, 0) is 33.2 Å². The molecular formula is C11H23NO2S. The molecule has 1 aliphatic carbocycles. The minimum absolute atomic E-state index is 0.161. The van der Waals surface area contributed by atoms with Crippen molar-refractivity contribution in [3.8, 4) is 0 Å². The van der Waals surface area contributed by atoms with Gasteiger partial charge >= 0.3 is 0 Å². The predicted octanol–water partition coefficient (Wildman–Crippen LogP) is 1.73. The first-order chi connectivity index (χ1) is 7.04. The summed E-state index contributed by atoms with van der Waals surface area (Å²) in [4.78, 5) is 0. The molecule has 0 heterocycles. The Kier molecular flexibility index (Phi) is 4.59. The zero-order valence-corrected chi connectivity index (χ0v) is 10.8. The summed E-state index contributed by atoms with van der Waals surface area (Å²) in [5, 5.41) is 2.80. The van der Waals surface area contributed by atoms with Crippen molar-refractivity contribution in [3.63, 3.8) is 0 Å². The lowest BCUT2D eigenvalue weighted by atomic mass is 9.95. The Morgan fingerprint density at radius 1 is 1.33 bits per heavy atom. The minimum Gasteiger partial charge on any atom is -0.316 e. The summed E-state index contributed by atoms with van der Waals surface area (Å²) >= 11 is 0. The number of sulfone groups is 1. The molecule has 0 bridgehead atoms. The van der Waals surface area contributed by atoms with E-state index < -0.39 is 9.84 Å². The van der Waals surface area contributed by atoms with E-state index in [4.69, 9.17) is 0 Å². The normalized spacial score (nSPS) is 30.1. The number of rotatable bonds is 4. The van der Waals surface area contributed by atoms with E-state index in [9.17, 15) is 8.42 Å². The smallest absolute Gasteiger partial charge is 0.157 e. The van der Waals surface area contributed by atoms with Crippen molar-refractivity contribution in [3.05, 3.63) is 0 Å². The summed E-state index contributed by atoms with van der Waals surface area (Å²) in [6, 6.07) is 0.165. The van der Waals surface area contributed by atoms with Crippen molar-refractivity contribution >= 4 is 9.84 Å². The summed E-state index contributed by atoms with van der Waals surface area (Å²) in [6.07, 6.45) is 4.75. The highest BCUT2D eigenvalue weighted by Crippen LogP contribution is 2.27. The first-order valence-corrected chi connectivity index (χ1v) is 7.55. The van der Waals surface area contributed by atoms with E-state index in [0.29, 0.717) is 0 Å². The third-order valence-corrected chi connectivity index (χ3v) is 6.49. The van der Waals surface area contributed by atoms with E-state index in [1.54, 1.807) is 0 Å². The summed E-state index contributed by atoms with van der Waals surface area (Å²) in [5.41, 5.74) is 0. The van der Waals surface area contributed by atoms with Gasteiger partial charge in [-0.1, -0.05) is 19.8 Å². The van der Waals surface area contributed by atoms with Crippen LogP contribution in [0.5, 0.6) is 0 Å². The van der Waals surface area contributed by atoms with Gasteiger partial charge in [0.1, 0.15) is 0 Å². The zero-order chi connectivity index (χ0) is 11.5. The van der Waals surface area contributed by atoms with Crippen molar-refractivity contribution in [2.75, 3.05) is 7.05 Å². The van der Waals surface area contributed by atoms with Crippen LogP contribution < -0.4 is 5.32 Å². The van der Waals surface area contributed by atoms with Crippen LogP contribution in [0, 0.1) is 0 Å². The van der Waals surface area contributed by atoms with Crippen LogP contribution >= 0.6 is 0 Å². The molecule has 0 spiro atoms. The number of hydrogen-bond donors (Lipinski definition) is 1. The van der Waals surface area contributed by atoms with Crippen molar-refractivity contribution in [2.24, 2.45) is 0 Å². The average Bonchev–Trinajstić information content (AvgIpc) is 2.27. The maximum absolute atomic E-state index is 12.2. The maximum atomic E-state index is 12.2. The second-order valence-electron chi connectivity index (χ2n) is 4.53. The largest absolute Gasteiger partial charge is 0.316 e. The Morgan fingerprint density at radius 2 is 1.93 bits per heavy atom. The molecule has 1 fully saturated rings. The van der Waals surface area contributed by atoms with Crippen LogP contribution in [0.3, 0.4) is 0 Å². The molecule has 0 saturated heterocycles. The van der Waals surface area contributed by atoms with Gasteiger partial charge in [0.25, 0.3) is 0 Å². The van der Waals surface area contributed by atoms with Crippen LogP contribution in [0.25, 0.3) is 0 Å². The molecule has 90 valence electrons. The van der Waals surface area contributed by atoms with Gasteiger partial charge < -0.3 is 5.32 Å². The Labute approximate surface area is 93.6 Å². The van der Waals surface area contributed by atoms with Crippen LogP contribution in [0.2, 0.25) is 0 Å². The number of hydrogen-bond acceptors (Lipinski definition) is 3. The lowest BCUT2D eigenvalue weighted by molar-refractivity contribution is 0.387. The molecule has 1 N–H and O–H groups in total. The maximum Gasteiger partial charge on any atom is 0.157 e. The van der Waals surface area contributed by atoms with E-state index in [1.807, 2.05) is 20.9 Å². The molecular weight excluding hydrogens is 210 g/mol. The molecule has 1 aliphatic rings. The second-order valence-corrected chi connectivity index (χ2v) is 7.11. The van der Waals surface area contributed by atoms with Gasteiger partial charge in [-0.3, -0.25) is 0 Å². The van der Waals surface area contributed by atoms with Gasteiger partial charge in [0.15, 0.2) is 9.84 Å². The quantitative estimate of drug-likeness (QED) is 0.804. The van der Waals surface area contributed by atoms with Gasteiger partial charge in [0, 0.05) is 6.04 Å². The first-order valence-electron chi connectivity index (χ1n) is 5.94. The third-order valence-electron chi connectivity index (χ3n) is 3.63. The minimum atomic E-state index is -2.94. The standard InChI is InChI=1S/C11H23NO2S/c1-4-9(2)15(13,14)11-8-6-5-7-10(11)12-3/h9-12H,4-8H2,1-3H3. The van der Waals surface area contributed by atoms with Gasteiger partial charge in [-0.15, -0.1) is 0 Å². The van der Waals surface area contributed by atoms with Crippen LogP contribution in [0.15, 0.2) is 0 Å². The lowest BCUT2D eigenvalue weighted by Gasteiger charge is -2.32. The van der Waals surface area contributed by atoms with Crippen molar-refractivity contribution in [1.29, 1.82) is 0 Å². The molecule has 0 aromatic heterocycles. The van der Waals surface area contributed by atoms with E-state index in [1.165, 1.54) is 0 Å². The van der Waals surface area contributed by atoms with Crippen molar-refractivity contribution in [1.82, 2.24) is 5.32 Å². The van der Waals surface area contributed by atoms with E-state index in [2.05, 4.69) is 5.32 Å². The fourth-order valence-corrected chi connectivity index (χ4v) is 4.64. The van der Waals surface area contributed by atoms with Gasteiger partial charge in [-0.2, -0.15) is 0 Å². The molecule has 3 unspecified atom stereocenters.